The molecule has 0 aromatic heterocycles. The molecule has 0 spiro atoms. The number of hydrogen-bond acceptors (Lipinski definition) is 8. The lowest BCUT2D eigenvalue weighted by atomic mass is 9.84. The van der Waals surface area contributed by atoms with Crippen LogP contribution in [-0.4, -0.2) is 110 Å². The zero-order valence-electron chi connectivity index (χ0n) is 18.6. The normalized spacial score (nSPS) is 41.8. The molecule has 1 amide bonds. The Kier molecular flexibility index (Phi) is 6.93. The lowest BCUT2D eigenvalue weighted by Gasteiger charge is -2.43. The highest BCUT2D eigenvalue weighted by atomic mass is 19.1. The van der Waals surface area contributed by atoms with Gasteiger partial charge < -0.3 is 16.4 Å². The number of rotatable bonds is 5. The second kappa shape index (κ2) is 9.32. The van der Waals surface area contributed by atoms with Gasteiger partial charge in [-0.3, -0.25) is 9.69 Å². The first-order chi connectivity index (χ1) is 14.4. The van der Waals surface area contributed by atoms with Crippen LogP contribution in [-0.2, 0) is 4.79 Å². The van der Waals surface area contributed by atoms with Crippen molar-refractivity contribution in [1.82, 2.24) is 36.0 Å². The molecular weight excluding hydrogens is 387 g/mol. The molecule has 9 nitrogen and oxygen atoms in total. The summed E-state index contributed by atoms with van der Waals surface area (Å²) in [5.74, 6) is -0.0376. The quantitative estimate of drug-likeness (QED) is 0.433. The van der Waals surface area contributed by atoms with E-state index >= 15 is 0 Å². The topological polar surface area (TPSA) is 92.1 Å². The van der Waals surface area contributed by atoms with Gasteiger partial charge in [0.1, 0.15) is 6.17 Å². The number of alkyl halides is 1. The molecule has 7 unspecified atom stereocenters. The fourth-order valence-electron chi connectivity index (χ4n) is 5.94. The molecule has 30 heavy (non-hydrogen) atoms. The summed E-state index contributed by atoms with van der Waals surface area (Å²) in [6.07, 6.45) is 1.45. The molecule has 0 bridgehead atoms. The number of carbonyl (C=O) groups excluding carboxylic acids is 1. The van der Waals surface area contributed by atoms with E-state index in [1.54, 1.807) is 0 Å². The average molecular weight is 427 g/mol. The van der Waals surface area contributed by atoms with E-state index in [1.165, 1.54) is 0 Å². The van der Waals surface area contributed by atoms with Gasteiger partial charge in [-0.25, -0.2) is 24.8 Å². The molecule has 4 aliphatic rings. The Balaban J connectivity index is 1.47. The first-order valence-corrected chi connectivity index (χ1v) is 11.5. The summed E-state index contributed by atoms with van der Waals surface area (Å²) in [4.78, 5) is 15.6. The van der Waals surface area contributed by atoms with E-state index in [0.29, 0.717) is 18.5 Å². The average Bonchev–Trinajstić information content (AvgIpc) is 3.21. The van der Waals surface area contributed by atoms with Crippen LogP contribution in [0.1, 0.15) is 26.2 Å². The van der Waals surface area contributed by atoms with Gasteiger partial charge in [-0.15, -0.1) is 0 Å². The number of fused-ring (bicyclic) bond motifs is 1. The minimum Gasteiger partial charge on any atom is -0.351 e. The van der Waals surface area contributed by atoms with Crippen LogP contribution in [0, 0.1) is 11.8 Å². The molecule has 4 rings (SSSR count). The molecule has 0 radical (unpaired) electrons. The summed E-state index contributed by atoms with van der Waals surface area (Å²) in [7, 11) is 4.27. The molecule has 0 aliphatic carbocycles. The van der Waals surface area contributed by atoms with Crippen LogP contribution in [0.2, 0.25) is 0 Å². The SMILES string of the molecule is CCCN1CC(F)CN2NC(N)C(C(=O)NC3CNCCC3C3CCN(C)N3C)C12. The van der Waals surface area contributed by atoms with Gasteiger partial charge in [-0.1, -0.05) is 6.92 Å². The van der Waals surface area contributed by atoms with E-state index in [-0.39, 0.29) is 24.7 Å². The van der Waals surface area contributed by atoms with Crippen LogP contribution in [0.4, 0.5) is 4.39 Å². The van der Waals surface area contributed by atoms with Crippen molar-refractivity contribution >= 4 is 5.91 Å². The second-order valence-corrected chi connectivity index (χ2v) is 9.42. The number of nitrogens with zero attached hydrogens (tertiary/aromatic N) is 4. The number of amides is 1. The predicted octanol–water partition coefficient (Wildman–Crippen LogP) is -1.26. The van der Waals surface area contributed by atoms with E-state index < -0.39 is 18.3 Å². The van der Waals surface area contributed by atoms with Crippen molar-refractivity contribution in [3.8, 4) is 0 Å². The van der Waals surface area contributed by atoms with Gasteiger partial charge in [0.15, 0.2) is 0 Å². The number of carbonyl (C=O) groups is 1. The standard InChI is InChI=1S/C20H39FN8O/c1-4-8-28-11-13(21)12-29-20(28)17(18(22)25-29)19(30)24-15-10-23-7-5-14(15)16-6-9-26(2)27(16)3/h13-18,20,23,25H,4-12,22H2,1-3H3,(H,24,30). The summed E-state index contributed by atoms with van der Waals surface area (Å²) in [6.45, 7) is 6.28. The number of nitrogens with two attached hydrogens (primary N) is 1. The van der Waals surface area contributed by atoms with Crippen LogP contribution < -0.4 is 21.8 Å². The maximum atomic E-state index is 14.2. The van der Waals surface area contributed by atoms with Gasteiger partial charge in [-0.05, 0) is 38.3 Å². The van der Waals surface area contributed by atoms with Gasteiger partial charge in [0.05, 0.1) is 18.2 Å². The molecule has 4 heterocycles. The fraction of sp³-hybridized carbons (Fsp3) is 0.950. The molecule has 7 atom stereocenters. The Bertz CT molecular complexity index is 611. The molecule has 0 aromatic rings. The maximum absolute atomic E-state index is 14.2. The lowest BCUT2D eigenvalue weighted by Crippen LogP contribution is -2.62. The van der Waals surface area contributed by atoms with Crippen LogP contribution in [0.25, 0.3) is 0 Å². The Labute approximate surface area is 179 Å². The molecule has 172 valence electrons. The van der Waals surface area contributed by atoms with Crippen molar-refractivity contribution in [2.45, 2.75) is 56.8 Å². The smallest absolute Gasteiger partial charge is 0.229 e. The van der Waals surface area contributed by atoms with E-state index in [1.807, 2.05) is 5.01 Å². The van der Waals surface area contributed by atoms with Gasteiger partial charge in [0, 0.05) is 52.4 Å². The number of halogens is 1. The summed E-state index contributed by atoms with van der Waals surface area (Å²) >= 11 is 0. The molecule has 10 heteroatoms. The number of hydrogen-bond donors (Lipinski definition) is 4. The van der Waals surface area contributed by atoms with Crippen LogP contribution >= 0.6 is 0 Å². The first-order valence-electron chi connectivity index (χ1n) is 11.5. The Morgan fingerprint density at radius 3 is 2.77 bits per heavy atom. The third-order valence-corrected chi connectivity index (χ3v) is 7.48. The van der Waals surface area contributed by atoms with Crippen molar-refractivity contribution in [3.63, 3.8) is 0 Å². The van der Waals surface area contributed by atoms with Gasteiger partial charge in [-0.2, -0.15) is 0 Å². The number of hydrazine groups is 2. The highest BCUT2D eigenvalue weighted by Gasteiger charge is 2.51. The van der Waals surface area contributed by atoms with Crippen LogP contribution in [0.3, 0.4) is 0 Å². The fourth-order valence-corrected chi connectivity index (χ4v) is 5.94. The second-order valence-electron chi connectivity index (χ2n) is 9.42. The molecule has 0 saturated carbocycles. The molecule has 4 saturated heterocycles. The zero-order chi connectivity index (χ0) is 21.4. The molecule has 5 N–H and O–H groups in total. The lowest BCUT2D eigenvalue weighted by molar-refractivity contribution is -0.132. The summed E-state index contributed by atoms with van der Waals surface area (Å²) in [5, 5.41) is 13.2. The molecular formula is C20H39FN8O. The van der Waals surface area contributed by atoms with Crippen molar-refractivity contribution in [3.05, 3.63) is 0 Å². The Hall–Kier alpha value is -0.880. The van der Waals surface area contributed by atoms with E-state index in [9.17, 15) is 9.18 Å². The van der Waals surface area contributed by atoms with Crippen molar-refractivity contribution < 1.29 is 9.18 Å². The Morgan fingerprint density at radius 2 is 2.07 bits per heavy atom. The minimum absolute atomic E-state index is 0.0198. The van der Waals surface area contributed by atoms with E-state index in [4.69, 9.17) is 5.73 Å². The van der Waals surface area contributed by atoms with Crippen molar-refractivity contribution in [2.75, 3.05) is 53.4 Å². The number of nitrogens with one attached hydrogen (secondary N) is 3. The largest absolute Gasteiger partial charge is 0.351 e. The van der Waals surface area contributed by atoms with E-state index in [0.717, 1.165) is 45.4 Å². The zero-order valence-corrected chi connectivity index (χ0v) is 18.6. The van der Waals surface area contributed by atoms with Crippen LogP contribution in [0.15, 0.2) is 0 Å². The summed E-state index contributed by atoms with van der Waals surface area (Å²) < 4.78 is 14.2. The third kappa shape index (κ3) is 4.23. The maximum Gasteiger partial charge on any atom is 0.229 e. The molecule has 0 aromatic carbocycles. The van der Waals surface area contributed by atoms with E-state index in [2.05, 4.69) is 52.0 Å². The summed E-state index contributed by atoms with van der Waals surface area (Å²) in [6, 6.07) is 0.511. The Morgan fingerprint density at radius 1 is 1.27 bits per heavy atom. The number of piperidine rings is 1. The monoisotopic (exact) mass is 426 g/mol. The van der Waals surface area contributed by atoms with Gasteiger partial charge in [0.25, 0.3) is 0 Å². The minimum atomic E-state index is -0.934. The summed E-state index contributed by atoms with van der Waals surface area (Å²) in [5.41, 5.74) is 9.51. The highest BCUT2D eigenvalue weighted by Crippen LogP contribution is 2.31. The highest BCUT2D eigenvalue weighted by molar-refractivity contribution is 5.80. The van der Waals surface area contributed by atoms with Crippen molar-refractivity contribution in [1.29, 1.82) is 0 Å². The first kappa shape index (κ1) is 22.3. The predicted molar refractivity (Wildman–Crippen MR) is 114 cm³/mol. The van der Waals surface area contributed by atoms with Crippen LogP contribution in [0.5, 0.6) is 0 Å². The van der Waals surface area contributed by atoms with Gasteiger partial charge in [0.2, 0.25) is 5.91 Å². The molecule has 4 fully saturated rings. The molecule has 4 aliphatic heterocycles. The third-order valence-electron chi connectivity index (χ3n) is 7.48. The van der Waals surface area contributed by atoms with Gasteiger partial charge >= 0.3 is 0 Å². The van der Waals surface area contributed by atoms with Crippen molar-refractivity contribution in [2.24, 2.45) is 17.6 Å².